The van der Waals surface area contributed by atoms with Gasteiger partial charge in [0.1, 0.15) is 11.8 Å². The molecule has 0 N–H and O–H groups in total. The average Bonchev–Trinajstić information content (AvgIpc) is 2.31. The molecule has 0 bridgehead atoms. The summed E-state index contributed by atoms with van der Waals surface area (Å²) in [6.07, 6.45) is 1.64. The van der Waals surface area contributed by atoms with Crippen LogP contribution in [0.15, 0.2) is 48.7 Å². The summed E-state index contributed by atoms with van der Waals surface area (Å²) < 4.78 is 5.47. The van der Waals surface area contributed by atoms with Crippen LogP contribution in [0.3, 0.4) is 0 Å². The highest BCUT2D eigenvalue weighted by Gasteiger charge is 2.02. The van der Waals surface area contributed by atoms with Gasteiger partial charge >= 0.3 is 0 Å². The minimum Gasteiger partial charge on any atom is -0.438 e. The number of nitriles is 1. The molecule has 0 atom stereocenters. The van der Waals surface area contributed by atoms with E-state index >= 15 is 0 Å². The van der Waals surface area contributed by atoms with Gasteiger partial charge in [0.05, 0.1) is 5.56 Å². The van der Waals surface area contributed by atoms with E-state index in [1.807, 2.05) is 18.2 Å². The summed E-state index contributed by atoms with van der Waals surface area (Å²) in [6, 6.07) is 14.5. The van der Waals surface area contributed by atoms with Crippen molar-refractivity contribution in [3.8, 4) is 17.7 Å². The third-order valence-corrected chi connectivity index (χ3v) is 1.86. The quantitative estimate of drug-likeness (QED) is 0.741. The maximum atomic E-state index is 8.85. The smallest absolute Gasteiger partial charge is 0.219 e. The number of hydrogen-bond acceptors (Lipinski definition) is 3. The Morgan fingerprint density at radius 3 is 2.60 bits per heavy atom. The van der Waals surface area contributed by atoms with E-state index in [2.05, 4.69) is 11.1 Å². The first kappa shape index (κ1) is 9.22. The van der Waals surface area contributed by atoms with Crippen molar-refractivity contribution in [3.63, 3.8) is 0 Å². The Balaban J connectivity index is 2.29. The molecular formula is C12H8N2O. The lowest BCUT2D eigenvalue weighted by molar-refractivity contribution is 0.461. The molecule has 0 spiro atoms. The topological polar surface area (TPSA) is 45.9 Å². The first-order valence-electron chi connectivity index (χ1n) is 4.48. The maximum absolute atomic E-state index is 8.85. The number of para-hydroxylation sites is 1. The van der Waals surface area contributed by atoms with Crippen molar-refractivity contribution in [1.82, 2.24) is 4.98 Å². The minimum atomic E-state index is 0.486. The molecule has 2 aromatic rings. The van der Waals surface area contributed by atoms with E-state index in [1.165, 1.54) is 0 Å². The van der Waals surface area contributed by atoms with Crippen LogP contribution in [0, 0.1) is 11.3 Å². The van der Waals surface area contributed by atoms with Crippen LogP contribution in [0.25, 0.3) is 0 Å². The maximum Gasteiger partial charge on any atom is 0.219 e. The zero-order valence-electron chi connectivity index (χ0n) is 7.92. The van der Waals surface area contributed by atoms with Crippen LogP contribution >= 0.6 is 0 Å². The molecule has 0 saturated heterocycles. The number of ether oxygens (including phenoxy) is 1. The van der Waals surface area contributed by atoms with E-state index in [-0.39, 0.29) is 0 Å². The summed E-state index contributed by atoms with van der Waals surface area (Å²) >= 11 is 0. The van der Waals surface area contributed by atoms with Gasteiger partial charge in [-0.15, -0.1) is 0 Å². The van der Waals surface area contributed by atoms with Crippen molar-refractivity contribution in [2.24, 2.45) is 0 Å². The predicted molar refractivity (Wildman–Crippen MR) is 55.5 cm³/mol. The summed E-state index contributed by atoms with van der Waals surface area (Å²) in [5, 5.41) is 8.85. The monoisotopic (exact) mass is 196 g/mol. The normalized spacial score (nSPS) is 9.27. The van der Waals surface area contributed by atoms with Crippen molar-refractivity contribution in [2.45, 2.75) is 0 Å². The lowest BCUT2D eigenvalue weighted by Crippen LogP contribution is -1.89. The molecule has 0 amide bonds. The van der Waals surface area contributed by atoms with Crippen molar-refractivity contribution < 1.29 is 4.74 Å². The summed E-state index contributed by atoms with van der Waals surface area (Å²) in [7, 11) is 0. The lowest BCUT2D eigenvalue weighted by atomic mass is 10.2. The second-order valence-corrected chi connectivity index (χ2v) is 2.88. The molecule has 0 unspecified atom stereocenters. The average molecular weight is 196 g/mol. The van der Waals surface area contributed by atoms with Gasteiger partial charge in [0.25, 0.3) is 0 Å². The van der Waals surface area contributed by atoms with Crippen molar-refractivity contribution in [1.29, 1.82) is 5.26 Å². The van der Waals surface area contributed by atoms with E-state index in [4.69, 9.17) is 10.00 Å². The van der Waals surface area contributed by atoms with Crippen LogP contribution in [-0.2, 0) is 0 Å². The van der Waals surface area contributed by atoms with Crippen molar-refractivity contribution in [3.05, 3.63) is 54.2 Å². The molecule has 3 heteroatoms. The fourth-order valence-electron chi connectivity index (χ4n) is 1.17. The van der Waals surface area contributed by atoms with Gasteiger partial charge in [-0.2, -0.15) is 5.26 Å². The van der Waals surface area contributed by atoms with E-state index in [0.29, 0.717) is 17.2 Å². The highest BCUT2D eigenvalue weighted by Crippen LogP contribution is 2.22. The third-order valence-electron chi connectivity index (χ3n) is 1.86. The number of aromatic nitrogens is 1. The van der Waals surface area contributed by atoms with E-state index in [9.17, 15) is 0 Å². The number of benzene rings is 1. The largest absolute Gasteiger partial charge is 0.438 e. The Kier molecular flexibility index (Phi) is 2.61. The van der Waals surface area contributed by atoms with Crippen LogP contribution in [0.5, 0.6) is 11.6 Å². The van der Waals surface area contributed by atoms with E-state index < -0.39 is 0 Å². The zero-order chi connectivity index (χ0) is 10.5. The van der Waals surface area contributed by atoms with Gasteiger partial charge < -0.3 is 4.74 Å². The summed E-state index contributed by atoms with van der Waals surface area (Å²) in [5.41, 5.74) is 0.503. The number of nitrogens with zero attached hydrogens (tertiary/aromatic N) is 2. The van der Waals surface area contributed by atoms with Gasteiger partial charge in [-0.3, -0.25) is 0 Å². The van der Waals surface area contributed by atoms with Gasteiger partial charge in [0.15, 0.2) is 0 Å². The fourth-order valence-corrected chi connectivity index (χ4v) is 1.17. The molecule has 0 fully saturated rings. The van der Waals surface area contributed by atoms with Crippen LogP contribution in [0.4, 0.5) is 0 Å². The molecule has 2 rings (SSSR count). The molecule has 0 saturated carbocycles. The van der Waals surface area contributed by atoms with Crippen molar-refractivity contribution >= 4 is 0 Å². The summed E-state index contributed by atoms with van der Waals surface area (Å²) in [5.74, 6) is 1.01. The molecule has 0 aliphatic heterocycles. The first-order valence-corrected chi connectivity index (χ1v) is 4.48. The van der Waals surface area contributed by atoms with Crippen LogP contribution in [0.1, 0.15) is 5.56 Å². The third kappa shape index (κ3) is 2.12. The summed E-state index contributed by atoms with van der Waals surface area (Å²) in [6.45, 7) is 0. The molecule has 72 valence electrons. The molecule has 1 heterocycles. The Bertz CT molecular complexity index is 488. The molecule has 1 aromatic carbocycles. The number of rotatable bonds is 2. The van der Waals surface area contributed by atoms with Crippen LogP contribution < -0.4 is 4.74 Å². The zero-order valence-corrected chi connectivity index (χ0v) is 7.92. The Hall–Kier alpha value is -2.34. The number of pyridine rings is 1. The molecule has 0 aliphatic carbocycles. The minimum absolute atomic E-state index is 0.486. The highest BCUT2D eigenvalue weighted by molar-refractivity contribution is 5.44. The lowest BCUT2D eigenvalue weighted by Gasteiger charge is -2.04. The second-order valence-electron chi connectivity index (χ2n) is 2.88. The van der Waals surface area contributed by atoms with Crippen LogP contribution in [0.2, 0.25) is 0 Å². The Morgan fingerprint density at radius 2 is 1.87 bits per heavy atom. The first-order chi connectivity index (χ1) is 7.40. The van der Waals surface area contributed by atoms with E-state index in [1.54, 1.807) is 30.5 Å². The Morgan fingerprint density at radius 1 is 1.07 bits per heavy atom. The second kappa shape index (κ2) is 4.25. The van der Waals surface area contributed by atoms with E-state index in [0.717, 1.165) is 0 Å². The fraction of sp³-hybridized carbons (Fsp3) is 0. The van der Waals surface area contributed by atoms with Gasteiger partial charge in [-0.1, -0.05) is 18.2 Å². The SMILES string of the molecule is N#Cc1ccccc1Oc1ccccn1. The van der Waals surface area contributed by atoms with Gasteiger partial charge in [0, 0.05) is 12.3 Å². The standard InChI is InChI=1S/C12H8N2O/c13-9-10-5-1-2-6-11(10)15-12-7-3-4-8-14-12/h1-8H. The molecule has 1 aromatic heterocycles. The van der Waals surface area contributed by atoms with Gasteiger partial charge in [-0.05, 0) is 18.2 Å². The highest BCUT2D eigenvalue weighted by atomic mass is 16.5. The van der Waals surface area contributed by atoms with Crippen LogP contribution in [-0.4, -0.2) is 4.98 Å². The van der Waals surface area contributed by atoms with Gasteiger partial charge in [-0.25, -0.2) is 4.98 Å². The van der Waals surface area contributed by atoms with Gasteiger partial charge in [0.2, 0.25) is 5.88 Å². The molecule has 3 nitrogen and oxygen atoms in total. The molecule has 0 aliphatic rings. The molecule has 15 heavy (non-hydrogen) atoms. The van der Waals surface area contributed by atoms with Crippen molar-refractivity contribution in [2.75, 3.05) is 0 Å². The molecule has 0 radical (unpaired) electrons. The Labute approximate surface area is 87.6 Å². The molecular weight excluding hydrogens is 188 g/mol. The predicted octanol–water partition coefficient (Wildman–Crippen LogP) is 2.75. The number of hydrogen-bond donors (Lipinski definition) is 0. The summed E-state index contributed by atoms with van der Waals surface area (Å²) in [4.78, 5) is 4.02.